The van der Waals surface area contributed by atoms with Crippen LogP contribution in [0.1, 0.15) is 47.1 Å². The van der Waals surface area contributed by atoms with Gasteiger partial charge in [-0.2, -0.15) is 0 Å². The molecule has 0 saturated carbocycles. The minimum absolute atomic E-state index is 0.00565. The Morgan fingerprint density at radius 2 is 1.50 bits per heavy atom. The molecule has 22 heavy (non-hydrogen) atoms. The van der Waals surface area contributed by atoms with E-state index in [2.05, 4.69) is 0 Å². The van der Waals surface area contributed by atoms with Crippen LogP contribution in [0.5, 0.6) is 0 Å². The van der Waals surface area contributed by atoms with Crippen LogP contribution in [-0.4, -0.2) is 24.4 Å². The molecule has 1 aliphatic heterocycles. The third kappa shape index (κ3) is 3.34. The highest BCUT2D eigenvalue weighted by molar-refractivity contribution is 6.62. The molecule has 0 atom stereocenters. The number of ether oxygens (including phenoxy) is 1. The summed E-state index contributed by atoms with van der Waals surface area (Å²) in [5, 5.41) is 0. The molecule has 0 radical (unpaired) electrons. The Hall–Kier alpha value is -0.975. The zero-order chi connectivity index (χ0) is 16.7. The second-order valence-electron chi connectivity index (χ2n) is 6.92. The van der Waals surface area contributed by atoms with Gasteiger partial charge in [-0.15, -0.1) is 0 Å². The van der Waals surface area contributed by atoms with Crippen LogP contribution in [0.3, 0.4) is 0 Å². The molecule has 0 spiro atoms. The molecule has 1 fully saturated rings. The van der Waals surface area contributed by atoms with Crippen molar-refractivity contribution in [3.63, 3.8) is 0 Å². The van der Waals surface area contributed by atoms with E-state index < -0.39 is 30.0 Å². The third-order valence-electron chi connectivity index (χ3n) is 4.21. The molecule has 3 nitrogen and oxygen atoms in total. The topological polar surface area (TPSA) is 27.7 Å². The van der Waals surface area contributed by atoms with Gasteiger partial charge in [-0.25, -0.2) is 8.78 Å². The Kier molecular flexibility index (Phi) is 4.67. The van der Waals surface area contributed by atoms with Gasteiger partial charge in [0, 0.05) is 0 Å². The van der Waals surface area contributed by atoms with Crippen molar-refractivity contribution >= 4 is 12.6 Å². The Bertz CT molecular complexity index is 519. The summed E-state index contributed by atoms with van der Waals surface area (Å²) < 4.78 is 45.5. The summed E-state index contributed by atoms with van der Waals surface area (Å²) in [5.41, 5.74) is -1.03. The third-order valence-corrected chi connectivity index (χ3v) is 4.21. The molecule has 0 unspecified atom stereocenters. The lowest BCUT2D eigenvalue weighted by Crippen LogP contribution is -2.41. The Morgan fingerprint density at radius 3 is 1.91 bits per heavy atom. The summed E-state index contributed by atoms with van der Waals surface area (Å²) in [6.07, 6.45) is -0.00565. The molecule has 122 valence electrons. The van der Waals surface area contributed by atoms with Crippen molar-refractivity contribution in [3.8, 4) is 0 Å². The van der Waals surface area contributed by atoms with E-state index in [1.54, 1.807) is 0 Å². The standard InChI is InChI=1S/C16H23BF2O3/c1-10(2)20-9-11-7-12(18)14(13(19)8-11)17-21-15(3,4)16(5,6)22-17/h7-8,10H,9H2,1-6H3. The van der Waals surface area contributed by atoms with Gasteiger partial charge in [0.25, 0.3) is 0 Å². The molecule has 1 heterocycles. The molecule has 0 bridgehead atoms. The zero-order valence-corrected chi connectivity index (χ0v) is 14.0. The van der Waals surface area contributed by atoms with Crippen molar-refractivity contribution in [2.45, 2.75) is 65.5 Å². The van der Waals surface area contributed by atoms with Crippen LogP contribution in [-0.2, 0) is 20.7 Å². The van der Waals surface area contributed by atoms with Crippen molar-refractivity contribution < 1.29 is 22.8 Å². The maximum atomic E-state index is 14.3. The van der Waals surface area contributed by atoms with Crippen molar-refractivity contribution in [2.75, 3.05) is 0 Å². The van der Waals surface area contributed by atoms with Crippen LogP contribution >= 0.6 is 0 Å². The normalized spacial score (nSPS) is 20.0. The van der Waals surface area contributed by atoms with Crippen LogP contribution in [0.4, 0.5) is 8.78 Å². The lowest BCUT2D eigenvalue weighted by Gasteiger charge is -2.32. The maximum absolute atomic E-state index is 14.3. The first-order chi connectivity index (χ1) is 10.0. The summed E-state index contributed by atoms with van der Waals surface area (Å²) in [4.78, 5) is 0. The van der Waals surface area contributed by atoms with Crippen molar-refractivity contribution in [1.29, 1.82) is 0 Å². The highest BCUT2D eigenvalue weighted by Crippen LogP contribution is 2.36. The Labute approximate surface area is 131 Å². The van der Waals surface area contributed by atoms with Crippen LogP contribution in [0, 0.1) is 11.6 Å². The van der Waals surface area contributed by atoms with E-state index in [-0.39, 0.29) is 18.2 Å². The van der Waals surface area contributed by atoms with Gasteiger partial charge in [-0.1, -0.05) is 0 Å². The first-order valence-electron chi connectivity index (χ1n) is 7.48. The van der Waals surface area contributed by atoms with Crippen LogP contribution in [0.15, 0.2) is 12.1 Å². The quantitative estimate of drug-likeness (QED) is 0.799. The summed E-state index contributed by atoms with van der Waals surface area (Å²) in [6, 6.07) is 2.54. The van der Waals surface area contributed by atoms with Gasteiger partial charge in [-0.3, -0.25) is 0 Å². The lowest BCUT2D eigenvalue weighted by atomic mass is 9.77. The average Bonchev–Trinajstić information content (AvgIpc) is 2.54. The molecule has 2 rings (SSSR count). The molecule has 0 aromatic heterocycles. The summed E-state index contributed by atoms with van der Waals surface area (Å²) in [6.45, 7) is 11.3. The van der Waals surface area contributed by atoms with E-state index in [4.69, 9.17) is 14.0 Å². The maximum Gasteiger partial charge on any atom is 0.500 e. The largest absolute Gasteiger partial charge is 0.500 e. The first kappa shape index (κ1) is 17.4. The average molecular weight is 312 g/mol. The fourth-order valence-corrected chi connectivity index (χ4v) is 2.17. The zero-order valence-electron chi connectivity index (χ0n) is 14.0. The SMILES string of the molecule is CC(C)OCc1cc(F)c(B2OC(C)(C)C(C)(C)O2)c(F)c1. The minimum Gasteiger partial charge on any atom is -0.399 e. The second kappa shape index (κ2) is 5.91. The van der Waals surface area contributed by atoms with E-state index in [9.17, 15) is 8.78 Å². The molecule has 0 amide bonds. The van der Waals surface area contributed by atoms with Crippen LogP contribution in [0.2, 0.25) is 0 Å². The molecule has 0 aliphatic carbocycles. The van der Waals surface area contributed by atoms with E-state index in [0.29, 0.717) is 5.56 Å². The van der Waals surface area contributed by atoms with Crippen molar-refractivity contribution in [1.82, 2.24) is 0 Å². The van der Waals surface area contributed by atoms with Gasteiger partial charge >= 0.3 is 7.12 Å². The predicted octanol–water partition coefficient (Wildman–Crippen LogP) is 3.19. The van der Waals surface area contributed by atoms with E-state index in [1.807, 2.05) is 41.5 Å². The van der Waals surface area contributed by atoms with Gasteiger partial charge in [0.05, 0.1) is 29.4 Å². The van der Waals surface area contributed by atoms with Gasteiger partial charge < -0.3 is 14.0 Å². The van der Waals surface area contributed by atoms with E-state index >= 15 is 0 Å². The lowest BCUT2D eigenvalue weighted by molar-refractivity contribution is 0.00578. The van der Waals surface area contributed by atoms with Crippen LogP contribution < -0.4 is 5.46 Å². The fourth-order valence-electron chi connectivity index (χ4n) is 2.17. The van der Waals surface area contributed by atoms with Gasteiger partial charge in [-0.05, 0) is 59.2 Å². The van der Waals surface area contributed by atoms with Crippen molar-refractivity contribution in [2.24, 2.45) is 0 Å². The molecular formula is C16H23BF2O3. The highest BCUT2D eigenvalue weighted by Gasteiger charge is 2.53. The molecule has 1 aliphatic rings. The summed E-state index contributed by atoms with van der Waals surface area (Å²) >= 11 is 0. The molecule has 1 saturated heterocycles. The monoisotopic (exact) mass is 312 g/mol. The number of rotatable bonds is 4. The minimum atomic E-state index is -1.05. The molecular weight excluding hydrogens is 289 g/mol. The molecule has 1 aromatic rings. The fraction of sp³-hybridized carbons (Fsp3) is 0.625. The van der Waals surface area contributed by atoms with Gasteiger partial charge in [0.15, 0.2) is 0 Å². The number of benzene rings is 1. The second-order valence-corrected chi connectivity index (χ2v) is 6.92. The number of halogens is 2. The molecule has 1 aromatic carbocycles. The number of hydrogen-bond acceptors (Lipinski definition) is 3. The van der Waals surface area contributed by atoms with Crippen molar-refractivity contribution in [3.05, 3.63) is 29.3 Å². The first-order valence-corrected chi connectivity index (χ1v) is 7.48. The molecule has 6 heteroatoms. The predicted molar refractivity (Wildman–Crippen MR) is 82.0 cm³/mol. The van der Waals surface area contributed by atoms with E-state index in [0.717, 1.165) is 0 Å². The number of hydrogen-bond donors (Lipinski definition) is 0. The smallest absolute Gasteiger partial charge is 0.399 e. The summed E-state index contributed by atoms with van der Waals surface area (Å²) in [5.74, 6) is -1.36. The van der Waals surface area contributed by atoms with Crippen LogP contribution in [0.25, 0.3) is 0 Å². The Morgan fingerprint density at radius 1 is 1.05 bits per heavy atom. The molecule has 0 N–H and O–H groups in total. The van der Waals surface area contributed by atoms with Gasteiger partial charge in [0.1, 0.15) is 11.6 Å². The van der Waals surface area contributed by atoms with E-state index in [1.165, 1.54) is 12.1 Å². The highest BCUT2D eigenvalue weighted by atomic mass is 19.1. The Balaban J connectivity index is 2.26. The summed E-state index contributed by atoms with van der Waals surface area (Å²) in [7, 11) is -1.05. The van der Waals surface area contributed by atoms with Gasteiger partial charge in [0.2, 0.25) is 0 Å².